The van der Waals surface area contributed by atoms with E-state index in [-0.39, 0.29) is 12.2 Å². The Bertz CT molecular complexity index is 1510. The Morgan fingerprint density at radius 1 is 0.950 bits per heavy atom. The highest BCUT2D eigenvalue weighted by molar-refractivity contribution is 8.00. The van der Waals surface area contributed by atoms with Gasteiger partial charge in [-0.25, -0.2) is 4.79 Å². The molecule has 0 bridgehead atoms. The van der Waals surface area contributed by atoms with E-state index in [1.807, 2.05) is 6.07 Å². The number of thioether (sulfide) groups is 1. The average Bonchev–Trinajstić information content (AvgIpc) is 2.95. The van der Waals surface area contributed by atoms with Gasteiger partial charge in [-0.15, -0.1) is 11.8 Å². The normalized spacial score (nSPS) is 18.6. The number of halogens is 1. The Labute approximate surface area is 234 Å². The van der Waals surface area contributed by atoms with Gasteiger partial charge in [0.1, 0.15) is 11.4 Å². The van der Waals surface area contributed by atoms with Gasteiger partial charge in [-0.2, -0.15) is 8.42 Å². The summed E-state index contributed by atoms with van der Waals surface area (Å²) in [6.45, 7) is 0. The fourth-order valence-corrected chi connectivity index (χ4v) is 6.22. The predicted octanol–water partition coefficient (Wildman–Crippen LogP) is 3.40. The van der Waals surface area contributed by atoms with Gasteiger partial charge in [0, 0.05) is 0 Å². The molecule has 0 aliphatic carbocycles. The molecule has 12 heteroatoms. The van der Waals surface area contributed by atoms with Gasteiger partial charge < -0.3 is 14.2 Å². The zero-order valence-corrected chi connectivity index (χ0v) is 22.4. The largest absolute Gasteiger partial charge is 0.488 e. The van der Waals surface area contributed by atoms with Crippen molar-refractivity contribution in [3.05, 3.63) is 119 Å². The third-order valence-corrected chi connectivity index (χ3v) is 7.93. The number of esters is 1. The Morgan fingerprint density at radius 2 is 1.50 bits per heavy atom. The molecule has 2 heterocycles. The minimum atomic E-state index is -5.51. The molecule has 2 aliphatic heterocycles. The topological polar surface area (TPSA) is 119 Å². The number of rotatable bonds is 9. The SMILES string of the molecule is O=C(Cc1ccccc1)NC1C(=O)N2C(C(=O)OC(c3ccccc3)c3ccccc3)=C(OS(=O)(=O)F)CS[C@H]12. The molecule has 0 radical (unpaired) electrons. The molecule has 9 nitrogen and oxygen atoms in total. The van der Waals surface area contributed by atoms with Crippen LogP contribution in [0.15, 0.2) is 102 Å². The molecular weight excluding hydrogens is 559 g/mol. The Kier molecular flexibility index (Phi) is 7.90. The fraction of sp³-hybridized carbons (Fsp3) is 0.179. The van der Waals surface area contributed by atoms with Gasteiger partial charge >= 0.3 is 16.5 Å². The van der Waals surface area contributed by atoms with E-state index in [9.17, 15) is 26.7 Å². The third-order valence-electron chi connectivity index (χ3n) is 6.28. The molecule has 40 heavy (non-hydrogen) atoms. The molecule has 0 saturated carbocycles. The van der Waals surface area contributed by atoms with Crippen molar-refractivity contribution in [2.45, 2.75) is 23.9 Å². The lowest BCUT2D eigenvalue weighted by Crippen LogP contribution is -2.70. The summed E-state index contributed by atoms with van der Waals surface area (Å²) < 4.78 is 46.6. The van der Waals surface area contributed by atoms with Crippen LogP contribution in [0.4, 0.5) is 3.89 Å². The van der Waals surface area contributed by atoms with Crippen LogP contribution in [0.5, 0.6) is 0 Å². The number of hydrogen-bond donors (Lipinski definition) is 1. The van der Waals surface area contributed by atoms with E-state index in [1.54, 1.807) is 84.9 Å². The summed E-state index contributed by atoms with van der Waals surface area (Å²) in [4.78, 5) is 40.4. The lowest BCUT2D eigenvalue weighted by atomic mass is 10.0. The van der Waals surface area contributed by atoms with Gasteiger partial charge in [0.2, 0.25) is 5.91 Å². The van der Waals surface area contributed by atoms with Crippen LogP contribution in [0, 0.1) is 0 Å². The fourth-order valence-electron chi connectivity index (χ4n) is 4.52. The van der Waals surface area contributed by atoms with Gasteiger partial charge in [-0.1, -0.05) is 94.9 Å². The molecule has 5 rings (SSSR count). The van der Waals surface area contributed by atoms with E-state index >= 15 is 0 Å². The standard InChI is InChI=1S/C28H23FN2O7S2/c29-40(35,36)38-21-17-39-27-23(30-22(32)16-18-10-4-1-5-11-18)26(33)31(27)24(21)28(34)37-25(19-12-6-2-7-13-19)20-14-8-3-9-15-20/h1-15,23,25,27H,16-17H2,(H,30,32)/t23?,27-/m1/s1. The number of nitrogens with one attached hydrogen (secondary N) is 1. The summed E-state index contributed by atoms with van der Waals surface area (Å²) in [5.41, 5.74) is 1.46. The van der Waals surface area contributed by atoms with Crippen molar-refractivity contribution >= 4 is 40.0 Å². The first kappa shape index (κ1) is 27.4. The summed E-state index contributed by atoms with van der Waals surface area (Å²) in [5, 5.41) is 1.92. The first-order valence-electron chi connectivity index (χ1n) is 12.2. The van der Waals surface area contributed by atoms with Gasteiger partial charge in [0.15, 0.2) is 17.6 Å². The number of benzene rings is 3. The maximum absolute atomic E-state index is 13.6. The number of β-lactam (4-membered cyclic amide) rings is 1. The van der Waals surface area contributed by atoms with Crippen LogP contribution >= 0.6 is 11.8 Å². The van der Waals surface area contributed by atoms with Crippen molar-refractivity contribution in [1.82, 2.24) is 10.2 Å². The van der Waals surface area contributed by atoms with Crippen molar-refractivity contribution in [2.24, 2.45) is 0 Å². The second-order valence-corrected chi connectivity index (χ2v) is 11.0. The molecule has 206 valence electrons. The lowest BCUT2D eigenvalue weighted by molar-refractivity contribution is -0.155. The zero-order chi connectivity index (χ0) is 28.3. The lowest BCUT2D eigenvalue weighted by Gasteiger charge is -2.49. The Morgan fingerprint density at radius 3 is 2.05 bits per heavy atom. The molecule has 2 aliphatic rings. The molecule has 3 aromatic carbocycles. The summed E-state index contributed by atoms with van der Waals surface area (Å²) in [6, 6.07) is 25.6. The van der Waals surface area contributed by atoms with Crippen molar-refractivity contribution in [1.29, 1.82) is 0 Å². The zero-order valence-electron chi connectivity index (χ0n) is 20.8. The summed E-state index contributed by atoms with van der Waals surface area (Å²) in [5.74, 6) is -2.99. The van der Waals surface area contributed by atoms with Crippen LogP contribution in [0.1, 0.15) is 22.8 Å². The summed E-state index contributed by atoms with van der Waals surface area (Å²) >= 11 is 1.02. The molecule has 0 spiro atoms. The van der Waals surface area contributed by atoms with Gasteiger partial charge in [0.05, 0.1) is 12.2 Å². The smallest absolute Gasteiger partial charge is 0.448 e. The van der Waals surface area contributed by atoms with Crippen LogP contribution in [0.3, 0.4) is 0 Å². The molecule has 1 N–H and O–H groups in total. The molecule has 3 aromatic rings. The quantitative estimate of drug-likeness (QED) is 0.232. The van der Waals surface area contributed by atoms with Crippen molar-refractivity contribution in [3.8, 4) is 0 Å². The van der Waals surface area contributed by atoms with E-state index in [2.05, 4.69) is 9.50 Å². The van der Waals surface area contributed by atoms with Crippen LogP contribution in [0.2, 0.25) is 0 Å². The third kappa shape index (κ3) is 6.02. The second kappa shape index (κ2) is 11.5. The Hall–Kier alpha value is -4.16. The molecule has 1 fully saturated rings. The van der Waals surface area contributed by atoms with E-state index in [1.165, 1.54) is 0 Å². The molecule has 1 saturated heterocycles. The number of carbonyl (C=O) groups excluding carboxylic acids is 3. The minimum absolute atomic E-state index is 0.0387. The highest BCUT2D eigenvalue weighted by atomic mass is 32.3. The molecule has 2 atom stereocenters. The van der Waals surface area contributed by atoms with Crippen molar-refractivity contribution in [3.63, 3.8) is 0 Å². The first-order chi connectivity index (χ1) is 19.2. The van der Waals surface area contributed by atoms with E-state index < -0.39 is 57.3 Å². The first-order valence-corrected chi connectivity index (χ1v) is 14.5. The number of fused-ring (bicyclic) bond motifs is 1. The minimum Gasteiger partial charge on any atom is -0.448 e. The Balaban J connectivity index is 1.41. The van der Waals surface area contributed by atoms with Crippen LogP contribution < -0.4 is 5.32 Å². The van der Waals surface area contributed by atoms with Gasteiger partial charge in [-0.3, -0.25) is 14.5 Å². The number of carbonyl (C=O) groups is 3. The molecule has 0 aromatic heterocycles. The highest BCUT2D eigenvalue weighted by Crippen LogP contribution is 2.42. The second-order valence-electron chi connectivity index (χ2n) is 8.97. The monoisotopic (exact) mass is 582 g/mol. The number of hydrogen-bond acceptors (Lipinski definition) is 8. The van der Waals surface area contributed by atoms with Crippen LogP contribution in [-0.4, -0.2) is 48.3 Å². The summed E-state index contributed by atoms with van der Waals surface area (Å²) in [7, 11) is -5.51. The average molecular weight is 583 g/mol. The number of nitrogens with zero attached hydrogens (tertiary/aromatic N) is 1. The number of amides is 2. The maximum Gasteiger partial charge on any atom is 0.488 e. The highest BCUT2D eigenvalue weighted by Gasteiger charge is 2.55. The molecule has 1 unspecified atom stereocenters. The van der Waals surface area contributed by atoms with Crippen molar-refractivity contribution in [2.75, 3.05) is 5.75 Å². The molecule has 2 amide bonds. The van der Waals surface area contributed by atoms with E-state index in [0.717, 1.165) is 22.2 Å². The maximum atomic E-state index is 13.6. The molecular formula is C28H23FN2O7S2. The van der Waals surface area contributed by atoms with Gasteiger partial charge in [-0.05, 0) is 16.7 Å². The van der Waals surface area contributed by atoms with Gasteiger partial charge in [0.25, 0.3) is 5.91 Å². The van der Waals surface area contributed by atoms with E-state index in [0.29, 0.717) is 11.1 Å². The number of ether oxygens (including phenoxy) is 1. The summed E-state index contributed by atoms with van der Waals surface area (Å²) in [6.07, 6.45) is -0.881. The predicted molar refractivity (Wildman–Crippen MR) is 144 cm³/mol. The van der Waals surface area contributed by atoms with E-state index in [4.69, 9.17) is 4.74 Å². The van der Waals surface area contributed by atoms with Crippen LogP contribution in [0.25, 0.3) is 0 Å². The van der Waals surface area contributed by atoms with Crippen molar-refractivity contribution < 1.29 is 35.6 Å². The van der Waals surface area contributed by atoms with Crippen LogP contribution in [-0.2, 0) is 40.2 Å².